The molecular weight excluding hydrogens is 326 g/mol. The number of aromatic nitrogens is 1. The monoisotopic (exact) mass is 339 g/mol. The van der Waals surface area contributed by atoms with E-state index in [0.29, 0.717) is 10.9 Å². The molecule has 0 radical (unpaired) electrons. The van der Waals surface area contributed by atoms with Crippen LogP contribution in [-0.4, -0.2) is 31.1 Å². The Morgan fingerprint density at radius 3 is 2.16 bits per heavy atom. The third-order valence-electron chi connectivity index (χ3n) is 3.56. The van der Waals surface area contributed by atoms with E-state index >= 15 is 0 Å². The summed E-state index contributed by atoms with van der Waals surface area (Å²) in [5.41, 5.74) is 0.377. The summed E-state index contributed by atoms with van der Waals surface area (Å²) in [4.78, 5) is 40.1. The lowest BCUT2D eigenvalue weighted by atomic mass is 10.1. The number of benzene rings is 2. The summed E-state index contributed by atoms with van der Waals surface area (Å²) in [7, 11) is 2.45. The van der Waals surface area contributed by atoms with Gasteiger partial charge in [-0.25, -0.2) is 19.4 Å². The van der Waals surface area contributed by atoms with E-state index in [1.807, 2.05) is 0 Å². The fraction of sp³-hybridized carbons (Fsp3) is 0.111. The van der Waals surface area contributed by atoms with Crippen LogP contribution in [0.2, 0.25) is 0 Å². The number of ether oxygens (including phenoxy) is 2. The normalized spacial score (nSPS) is 10.5. The molecule has 1 aromatic heterocycles. The highest BCUT2D eigenvalue weighted by Gasteiger charge is 2.17. The van der Waals surface area contributed by atoms with Crippen LogP contribution in [0.4, 0.5) is 0 Å². The minimum absolute atomic E-state index is 0.0143. The minimum Gasteiger partial charge on any atom is -0.465 e. The van der Waals surface area contributed by atoms with Crippen LogP contribution in [0.5, 0.6) is 0 Å². The first kappa shape index (κ1) is 16.4. The summed E-state index contributed by atoms with van der Waals surface area (Å²) >= 11 is 0. The van der Waals surface area contributed by atoms with Gasteiger partial charge in [0.05, 0.1) is 36.2 Å². The Bertz CT molecular complexity index is 1000. The number of rotatable bonds is 3. The van der Waals surface area contributed by atoms with Crippen molar-refractivity contribution in [3.63, 3.8) is 0 Å². The highest BCUT2D eigenvalue weighted by Crippen LogP contribution is 2.23. The molecule has 1 heterocycles. The third-order valence-corrected chi connectivity index (χ3v) is 3.56. The van der Waals surface area contributed by atoms with Gasteiger partial charge >= 0.3 is 17.6 Å². The van der Waals surface area contributed by atoms with Crippen LogP contribution in [0.25, 0.3) is 22.4 Å². The maximum atomic E-state index is 12.1. The van der Waals surface area contributed by atoms with Crippen molar-refractivity contribution in [1.82, 2.24) is 4.98 Å². The van der Waals surface area contributed by atoms with Crippen LogP contribution in [0, 0.1) is 0 Å². The predicted molar refractivity (Wildman–Crippen MR) is 88.4 cm³/mol. The highest BCUT2D eigenvalue weighted by atomic mass is 16.5. The molecule has 0 amide bonds. The van der Waals surface area contributed by atoms with Crippen molar-refractivity contribution in [2.75, 3.05) is 14.2 Å². The minimum atomic E-state index is -0.643. The van der Waals surface area contributed by atoms with E-state index in [1.54, 1.807) is 24.3 Å². The van der Waals surface area contributed by atoms with E-state index in [1.165, 1.54) is 32.4 Å². The van der Waals surface area contributed by atoms with E-state index in [0.717, 1.165) is 0 Å². The Kier molecular flexibility index (Phi) is 4.30. The van der Waals surface area contributed by atoms with Crippen molar-refractivity contribution in [1.29, 1.82) is 0 Å². The number of carbonyl (C=O) groups excluding carboxylic acids is 2. The number of para-hydroxylation sites is 1. The molecule has 0 aliphatic carbocycles. The Hall–Kier alpha value is -3.48. The van der Waals surface area contributed by atoms with E-state index in [-0.39, 0.29) is 22.6 Å². The van der Waals surface area contributed by atoms with Gasteiger partial charge in [-0.3, -0.25) is 0 Å². The van der Waals surface area contributed by atoms with Gasteiger partial charge in [0, 0.05) is 5.56 Å². The molecule has 25 heavy (non-hydrogen) atoms. The number of fused-ring (bicyclic) bond motifs is 1. The van der Waals surface area contributed by atoms with Gasteiger partial charge in [-0.05, 0) is 30.3 Å². The molecular formula is C18H13NO6. The Morgan fingerprint density at radius 1 is 0.960 bits per heavy atom. The van der Waals surface area contributed by atoms with Gasteiger partial charge in [-0.1, -0.05) is 12.1 Å². The van der Waals surface area contributed by atoms with E-state index in [9.17, 15) is 14.4 Å². The van der Waals surface area contributed by atoms with Gasteiger partial charge in [-0.15, -0.1) is 0 Å². The number of methoxy groups -OCH3 is 2. The zero-order valence-corrected chi connectivity index (χ0v) is 13.4. The average molecular weight is 339 g/mol. The van der Waals surface area contributed by atoms with Gasteiger partial charge in [0.15, 0.2) is 0 Å². The molecule has 0 saturated carbocycles. The van der Waals surface area contributed by atoms with Crippen LogP contribution in [0.3, 0.4) is 0 Å². The molecule has 7 nitrogen and oxygen atoms in total. The molecule has 0 aliphatic rings. The molecule has 7 heteroatoms. The molecule has 0 bridgehead atoms. The molecule has 0 unspecified atom stereocenters. The van der Waals surface area contributed by atoms with Gasteiger partial charge in [0.1, 0.15) is 0 Å². The van der Waals surface area contributed by atoms with Crippen LogP contribution in [0.15, 0.2) is 51.7 Å². The Labute approximate surface area is 141 Å². The van der Waals surface area contributed by atoms with Gasteiger partial charge in [-0.2, -0.15) is 0 Å². The standard InChI is InChI=1S/C18H13NO6/c1-23-16(20)11-7-10(8-12(9-11)17(21)24-2)15-19-14-6-4-3-5-13(14)18(22)25-15/h3-9H,1-2H3. The zero-order chi connectivity index (χ0) is 18.0. The van der Waals surface area contributed by atoms with E-state index in [2.05, 4.69) is 14.5 Å². The van der Waals surface area contributed by atoms with Crippen molar-refractivity contribution in [2.24, 2.45) is 0 Å². The quantitative estimate of drug-likeness (QED) is 0.676. The van der Waals surface area contributed by atoms with Crippen LogP contribution in [-0.2, 0) is 9.47 Å². The fourth-order valence-electron chi connectivity index (χ4n) is 2.36. The first-order chi connectivity index (χ1) is 12.0. The number of carbonyl (C=O) groups is 2. The fourth-order valence-corrected chi connectivity index (χ4v) is 2.36. The van der Waals surface area contributed by atoms with E-state index < -0.39 is 17.6 Å². The first-order valence-electron chi connectivity index (χ1n) is 7.25. The third kappa shape index (κ3) is 3.12. The number of hydrogen-bond donors (Lipinski definition) is 0. The van der Waals surface area contributed by atoms with Crippen LogP contribution in [0.1, 0.15) is 20.7 Å². The molecule has 3 rings (SSSR count). The lowest BCUT2D eigenvalue weighted by Crippen LogP contribution is -2.08. The second-order valence-electron chi connectivity index (χ2n) is 5.11. The number of hydrogen-bond acceptors (Lipinski definition) is 7. The van der Waals surface area contributed by atoms with Crippen molar-refractivity contribution in [3.05, 3.63) is 64.0 Å². The number of esters is 2. The maximum absolute atomic E-state index is 12.1. The molecule has 0 atom stereocenters. The van der Waals surface area contributed by atoms with Crippen LogP contribution < -0.4 is 5.63 Å². The second kappa shape index (κ2) is 6.56. The molecule has 0 aliphatic heterocycles. The Balaban J connectivity index is 2.24. The average Bonchev–Trinajstić information content (AvgIpc) is 2.66. The van der Waals surface area contributed by atoms with Crippen LogP contribution >= 0.6 is 0 Å². The van der Waals surface area contributed by atoms with Gasteiger partial charge in [0.25, 0.3) is 0 Å². The summed E-state index contributed by atoms with van der Waals surface area (Å²) < 4.78 is 14.6. The van der Waals surface area contributed by atoms with Crippen molar-refractivity contribution >= 4 is 22.8 Å². The Morgan fingerprint density at radius 2 is 1.56 bits per heavy atom. The summed E-state index contributed by atoms with van der Waals surface area (Å²) in [5, 5.41) is 0.337. The molecule has 0 spiro atoms. The van der Waals surface area contributed by atoms with Gasteiger partial charge < -0.3 is 13.9 Å². The summed E-state index contributed by atoms with van der Waals surface area (Å²) in [6.45, 7) is 0. The molecule has 0 saturated heterocycles. The molecule has 0 N–H and O–H groups in total. The molecule has 126 valence electrons. The lowest BCUT2D eigenvalue weighted by Gasteiger charge is -2.07. The maximum Gasteiger partial charge on any atom is 0.347 e. The van der Waals surface area contributed by atoms with Gasteiger partial charge in [0.2, 0.25) is 5.89 Å². The molecule has 2 aromatic carbocycles. The largest absolute Gasteiger partial charge is 0.465 e. The SMILES string of the molecule is COC(=O)c1cc(C(=O)OC)cc(-c2nc3ccccc3c(=O)o2)c1. The molecule has 0 fully saturated rings. The first-order valence-corrected chi connectivity index (χ1v) is 7.25. The van der Waals surface area contributed by atoms with Crippen molar-refractivity contribution in [2.45, 2.75) is 0 Å². The second-order valence-corrected chi connectivity index (χ2v) is 5.11. The lowest BCUT2D eigenvalue weighted by molar-refractivity contribution is 0.0599. The predicted octanol–water partition coefficient (Wildman–Crippen LogP) is 2.43. The smallest absolute Gasteiger partial charge is 0.347 e. The summed E-state index contributed by atoms with van der Waals surface area (Å²) in [6.07, 6.45) is 0. The topological polar surface area (TPSA) is 95.7 Å². The summed E-state index contributed by atoms with van der Waals surface area (Å²) in [6, 6.07) is 10.9. The van der Waals surface area contributed by atoms with E-state index in [4.69, 9.17) is 4.42 Å². The number of nitrogens with zero attached hydrogens (tertiary/aromatic N) is 1. The zero-order valence-electron chi connectivity index (χ0n) is 13.4. The highest BCUT2D eigenvalue weighted by molar-refractivity contribution is 5.97. The summed E-state index contributed by atoms with van der Waals surface area (Å²) in [5.74, 6) is -1.30. The van der Waals surface area contributed by atoms with Crippen molar-refractivity contribution < 1.29 is 23.5 Å². The molecule has 3 aromatic rings. The van der Waals surface area contributed by atoms with Crippen molar-refractivity contribution in [3.8, 4) is 11.5 Å².